The number of hydrogen-bond donors (Lipinski definition) is 0. The molecule has 0 bridgehead atoms. The van der Waals surface area contributed by atoms with Crippen molar-refractivity contribution in [2.45, 2.75) is 27.3 Å². The molecular formula is C14H14BrFN2O. The van der Waals surface area contributed by atoms with E-state index >= 15 is 0 Å². The summed E-state index contributed by atoms with van der Waals surface area (Å²) >= 11 is 3.43. The van der Waals surface area contributed by atoms with Crippen molar-refractivity contribution < 1.29 is 4.39 Å². The van der Waals surface area contributed by atoms with E-state index in [-0.39, 0.29) is 11.5 Å². The van der Waals surface area contributed by atoms with Gasteiger partial charge >= 0.3 is 5.69 Å². The predicted octanol–water partition coefficient (Wildman–Crippen LogP) is 3.12. The zero-order valence-electron chi connectivity index (χ0n) is 11.0. The zero-order valence-corrected chi connectivity index (χ0v) is 12.6. The maximum Gasteiger partial charge on any atom is 0.348 e. The minimum Gasteiger partial charge on any atom is -0.291 e. The first kappa shape index (κ1) is 13.9. The fourth-order valence-corrected chi connectivity index (χ4v) is 2.27. The van der Waals surface area contributed by atoms with Gasteiger partial charge in [-0.2, -0.15) is 4.98 Å². The highest BCUT2D eigenvalue weighted by molar-refractivity contribution is 9.10. The molecule has 0 amide bonds. The lowest BCUT2D eigenvalue weighted by Gasteiger charge is -2.13. The lowest BCUT2D eigenvalue weighted by atomic mass is 10.1. The Morgan fingerprint density at radius 1 is 1.32 bits per heavy atom. The normalized spacial score (nSPS) is 10.8. The van der Waals surface area contributed by atoms with Gasteiger partial charge in [-0.15, -0.1) is 0 Å². The molecule has 1 aromatic heterocycles. The lowest BCUT2D eigenvalue weighted by molar-refractivity contribution is 0.623. The summed E-state index contributed by atoms with van der Waals surface area (Å²) in [6.45, 7) is 5.86. The smallest absolute Gasteiger partial charge is 0.291 e. The van der Waals surface area contributed by atoms with E-state index in [2.05, 4.69) is 20.9 Å². The molecule has 2 aromatic rings. The number of aromatic nitrogens is 2. The molecule has 0 N–H and O–H groups in total. The van der Waals surface area contributed by atoms with Crippen LogP contribution in [0.25, 0.3) is 0 Å². The summed E-state index contributed by atoms with van der Waals surface area (Å²) in [5, 5.41) is 0. The monoisotopic (exact) mass is 324 g/mol. The molecular weight excluding hydrogens is 311 g/mol. The maximum absolute atomic E-state index is 13.1. The third-order valence-electron chi connectivity index (χ3n) is 3.17. The molecule has 0 aliphatic rings. The molecule has 0 saturated heterocycles. The summed E-state index contributed by atoms with van der Waals surface area (Å²) in [5.41, 5.74) is 2.94. The topological polar surface area (TPSA) is 34.9 Å². The Morgan fingerprint density at radius 2 is 2.00 bits per heavy atom. The Kier molecular flexibility index (Phi) is 3.85. The fourth-order valence-electron chi connectivity index (χ4n) is 1.97. The second kappa shape index (κ2) is 5.25. The summed E-state index contributed by atoms with van der Waals surface area (Å²) in [5.74, 6) is -0.270. The van der Waals surface area contributed by atoms with Crippen LogP contribution in [-0.4, -0.2) is 9.55 Å². The van der Waals surface area contributed by atoms with Crippen LogP contribution in [0, 0.1) is 26.6 Å². The van der Waals surface area contributed by atoms with Gasteiger partial charge < -0.3 is 0 Å². The summed E-state index contributed by atoms with van der Waals surface area (Å²) in [7, 11) is 0. The van der Waals surface area contributed by atoms with E-state index in [4.69, 9.17) is 0 Å². The van der Waals surface area contributed by atoms with Crippen LogP contribution < -0.4 is 5.69 Å². The first-order chi connectivity index (χ1) is 8.90. The second-order valence-corrected chi connectivity index (χ2v) is 5.33. The van der Waals surface area contributed by atoms with Crippen LogP contribution in [0.3, 0.4) is 0 Å². The van der Waals surface area contributed by atoms with Crippen LogP contribution in [0.5, 0.6) is 0 Å². The van der Waals surface area contributed by atoms with Gasteiger partial charge in [-0.3, -0.25) is 4.57 Å². The van der Waals surface area contributed by atoms with E-state index in [1.165, 1.54) is 12.1 Å². The van der Waals surface area contributed by atoms with Crippen molar-refractivity contribution in [2.75, 3.05) is 0 Å². The lowest BCUT2D eigenvalue weighted by Crippen LogP contribution is -2.27. The Bertz CT molecular complexity index is 695. The Hall–Kier alpha value is -1.49. The molecule has 0 unspecified atom stereocenters. The molecule has 0 radical (unpaired) electrons. The molecule has 19 heavy (non-hydrogen) atoms. The van der Waals surface area contributed by atoms with Crippen LogP contribution in [0.4, 0.5) is 4.39 Å². The van der Waals surface area contributed by atoms with Gasteiger partial charge in [0.1, 0.15) is 5.82 Å². The van der Waals surface area contributed by atoms with Crippen molar-refractivity contribution in [1.82, 2.24) is 9.55 Å². The van der Waals surface area contributed by atoms with Crippen LogP contribution in [0.15, 0.2) is 27.5 Å². The van der Waals surface area contributed by atoms with E-state index in [0.717, 1.165) is 21.3 Å². The Labute approximate surface area is 119 Å². The van der Waals surface area contributed by atoms with Crippen molar-refractivity contribution in [3.05, 3.63) is 61.5 Å². The van der Waals surface area contributed by atoms with Gasteiger partial charge in [0.25, 0.3) is 0 Å². The highest BCUT2D eigenvalue weighted by atomic mass is 79.9. The standard InChI is InChI=1S/C14H14BrFN2O/c1-8-6-12(16)5-4-11(8)7-18-10(3)13(15)9(2)17-14(18)19/h4-6H,7H2,1-3H3. The number of halogens is 2. The van der Waals surface area contributed by atoms with Crippen molar-refractivity contribution in [3.63, 3.8) is 0 Å². The molecule has 0 saturated carbocycles. The van der Waals surface area contributed by atoms with E-state index in [1.54, 1.807) is 17.6 Å². The van der Waals surface area contributed by atoms with Gasteiger partial charge in [-0.1, -0.05) is 6.07 Å². The molecule has 100 valence electrons. The molecule has 2 rings (SSSR count). The van der Waals surface area contributed by atoms with E-state index < -0.39 is 0 Å². The summed E-state index contributed by atoms with van der Waals surface area (Å²) in [4.78, 5) is 15.9. The number of aryl methyl sites for hydroxylation is 2. The Morgan fingerprint density at radius 3 is 2.63 bits per heavy atom. The maximum atomic E-state index is 13.1. The van der Waals surface area contributed by atoms with Gasteiger partial charge in [-0.05, 0) is 60.0 Å². The minimum atomic E-state index is -0.290. The average molecular weight is 325 g/mol. The third kappa shape index (κ3) is 2.76. The van der Waals surface area contributed by atoms with Crippen molar-refractivity contribution >= 4 is 15.9 Å². The first-order valence-corrected chi connectivity index (χ1v) is 6.68. The summed E-state index contributed by atoms with van der Waals surface area (Å²) in [6.07, 6.45) is 0. The number of rotatable bonds is 2. The molecule has 0 fully saturated rings. The molecule has 0 atom stereocenters. The Balaban J connectivity index is 2.50. The molecule has 5 heteroatoms. The molecule has 1 heterocycles. The molecule has 0 aliphatic carbocycles. The molecule has 0 spiro atoms. The first-order valence-electron chi connectivity index (χ1n) is 5.88. The number of nitrogens with zero attached hydrogens (tertiary/aromatic N) is 2. The van der Waals surface area contributed by atoms with Gasteiger partial charge in [-0.25, -0.2) is 9.18 Å². The van der Waals surface area contributed by atoms with Gasteiger partial charge in [0, 0.05) is 5.69 Å². The van der Waals surface area contributed by atoms with Crippen LogP contribution in [0.2, 0.25) is 0 Å². The minimum absolute atomic E-state index is 0.270. The number of hydrogen-bond acceptors (Lipinski definition) is 2. The van der Waals surface area contributed by atoms with Crippen LogP contribution in [-0.2, 0) is 6.54 Å². The van der Waals surface area contributed by atoms with Gasteiger partial charge in [0.15, 0.2) is 0 Å². The highest BCUT2D eigenvalue weighted by Gasteiger charge is 2.10. The van der Waals surface area contributed by atoms with Gasteiger partial charge in [0.2, 0.25) is 0 Å². The largest absolute Gasteiger partial charge is 0.348 e. The fraction of sp³-hybridized carbons (Fsp3) is 0.286. The molecule has 3 nitrogen and oxygen atoms in total. The molecule has 0 aliphatic heterocycles. The third-order valence-corrected chi connectivity index (χ3v) is 4.32. The zero-order chi connectivity index (χ0) is 14.2. The molecule has 1 aromatic carbocycles. The average Bonchev–Trinajstić information content (AvgIpc) is 2.34. The predicted molar refractivity (Wildman–Crippen MR) is 75.9 cm³/mol. The highest BCUT2D eigenvalue weighted by Crippen LogP contribution is 2.18. The van der Waals surface area contributed by atoms with Crippen LogP contribution in [0.1, 0.15) is 22.5 Å². The van der Waals surface area contributed by atoms with Crippen LogP contribution >= 0.6 is 15.9 Å². The van der Waals surface area contributed by atoms with E-state index in [0.29, 0.717) is 12.2 Å². The summed E-state index contributed by atoms with van der Waals surface area (Å²) < 4.78 is 15.5. The summed E-state index contributed by atoms with van der Waals surface area (Å²) in [6, 6.07) is 4.57. The van der Waals surface area contributed by atoms with Crippen molar-refractivity contribution in [2.24, 2.45) is 0 Å². The van der Waals surface area contributed by atoms with Crippen molar-refractivity contribution in [3.8, 4) is 0 Å². The quantitative estimate of drug-likeness (QED) is 0.850. The second-order valence-electron chi connectivity index (χ2n) is 4.54. The van der Waals surface area contributed by atoms with E-state index in [9.17, 15) is 9.18 Å². The number of benzene rings is 1. The van der Waals surface area contributed by atoms with Crippen molar-refractivity contribution in [1.29, 1.82) is 0 Å². The van der Waals surface area contributed by atoms with E-state index in [1.807, 2.05) is 13.8 Å². The van der Waals surface area contributed by atoms with Gasteiger partial charge in [0.05, 0.1) is 16.7 Å². The SMILES string of the molecule is Cc1cc(F)ccc1Cn1c(C)c(Br)c(C)nc1=O.